The molecule has 0 aliphatic heterocycles. The van der Waals surface area contributed by atoms with Crippen molar-refractivity contribution in [2.45, 2.75) is 31.5 Å². The van der Waals surface area contributed by atoms with Crippen LogP contribution in [0.3, 0.4) is 0 Å². The second kappa shape index (κ2) is 18.3. The minimum atomic E-state index is -5.08. The summed E-state index contributed by atoms with van der Waals surface area (Å²) in [6.07, 6.45) is -4.68. The van der Waals surface area contributed by atoms with Gasteiger partial charge in [-0.25, -0.2) is 9.59 Å². The van der Waals surface area contributed by atoms with Crippen molar-refractivity contribution in [3.05, 3.63) is 96.1 Å². The molecule has 0 saturated heterocycles. The van der Waals surface area contributed by atoms with Crippen LogP contribution >= 0.6 is 0 Å². The van der Waals surface area contributed by atoms with Gasteiger partial charge in [0.1, 0.15) is 0 Å². The maximum atomic E-state index is 12.4. The first-order valence-corrected chi connectivity index (χ1v) is 13.6. The average molecular weight is 631 g/mol. The van der Waals surface area contributed by atoms with Gasteiger partial charge in [-0.3, -0.25) is 14.4 Å². The number of carbonyl (C=O) groups excluding carboxylic acids is 3. The summed E-state index contributed by atoms with van der Waals surface area (Å²) < 4.78 is 31.7. The Morgan fingerprint density at radius 1 is 0.689 bits per heavy atom. The number of carbonyl (C=O) groups is 5. The molecule has 45 heavy (non-hydrogen) atoms. The molecule has 11 nitrogen and oxygen atoms in total. The van der Waals surface area contributed by atoms with Gasteiger partial charge in [-0.05, 0) is 28.7 Å². The number of carboxylic acid groups (broad SMARTS) is 2. The van der Waals surface area contributed by atoms with Crippen molar-refractivity contribution in [2.24, 2.45) is 0 Å². The monoisotopic (exact) mass is 630 g/mol. The number of rotatable bonds is 13. The lowest BCUT2D eigenvalue weighted by molar-refractivity contribution is -0.192. The highest BCUT2D eigenvalue weighted by molar-refractivity contribution is 5.85. The van der Waals surface area contributed by atoms with Crippen molar-refractivity contribution in [1.82, 2.24) is 21.3 Å². The largest absolute Gasteiger partial charge is 0.490 e. The van der Waals surface area contributed by atoms with E-state index in [1.54, 1.807) is 12.1 Å². The number of carboxylic acids is 2. The van der Waals surface area contributed by atoms with E-state index >= 15 is 0 Å². The lowest BCUT2D eigenvalue weighted by Crippen LogP contribution is -2.41. The number of nitrogens with one attached hydrogen (secondary N) is 4. The molecule has 14 heteroatoms. The van der Waals surface area contributed by atoms with Gasteiger partial charge in [-0.2, -0.15) is 13.2 Å². The molecule has 0 heterocycles. The summed E-state index contributed by atoms with van der Waals surface area (Å²) in [6, 6.07) is 25.7. The molecule has 0 aliphatic carbocycles. The van der Waals surface area contributed by atoms with E-state index in [0.29, 0.717) is 18.5 Å². The van der Waals surface area contributed by atoms with Crippen LogP contribution in [-0.2, 0) is 25.6 Å². The lowest BCUT2D eigenvalue weighted by atomic mass is 9.99. The molecule has 0 spiro atoms. The second-order valence-corrected chi connectivity index (χ2v) is 9.45. The van der Waals surface area contributed by atoms with Crippen molar-refractivity contribution in [1.29, 1.82) is 0 Å². The van der Waals surface area contributed by atoms with Crippen LogP contribution in [0.4, 0.5) is 18.0 Å². The van der Waals surface area contributed by atoms with Gasteiger partial charge in [0.05, 0.1) is 19.0 Å². The van der Waals surface area contributed by atoms with E-state index in [1.165, 1.54) is 0 Å². The molecule has 6 N–H and O–H groups in total. The fraction of sp³-hybridized carbons (Fsp3) is 0.258. The van der Waals surface area contributed by atoms with E-state index in [4.69, 9.17) is 9.90 Å². The molecule has 3 rings (SSSR count). The standard InChI is InChI=1S/C29H32N4O5.C2HF3O2/c34-26(16-18-31-29(38)30-17-15-21-7-3-1-4-8-21)32-20-27(35)33-25(19-28(36)37)24-13-11-23(12-14-24)22-9-5-2-6-10-22;3-2(4,5)1(6)7/h1-14,25H,15-20H2,(H,32,34)(H,33,35)(H,36,37)(H2,30,31,38);(H,6,7). The molecule has 4 amide bonds. The first kappa shape index (κ1) is 35.8. The Hall–Kier alpha value is -5.40. The molecule has 240 valence electrons. The summed E-state index contributed by atoms with van der Waals surface area (Å²) in [5, 5.41) is 26.9. The molecule has 3 aromatic rings. The Morgan fingerprint density at radius 3 is 1.78 bits per heavy atom. The van der Waals surface area contributed by atoms with E-state index in [1.807, 2.05) is 72.8 Å². The third-order valence-electron chi connectivity index (χ3n) is 6.00. The van der Waals surface area contributed by atoms with E-state index < -0.39 is 36.0 Å². The third kappa shape index (κ3) is 14.6. The smallest absolute Gasteiger partial charge is 0.481 e. The maximum absolute atomic E-state index is 12.4. The zero-order chi connectivity index (χ0) is 33.2. The quantitative estimate of drug-likeness (QED) is 0.167. The minimum absolute atomic E-state index is 0.00110. The molecule has 0 saturated carbocycles. The molecule has 1 atom stereocenters. The van der Waals surface area contributed by atoms with Gasteiger partial charge in [-0.15, -0.1) is 0 Å². The van der Waals surface area contributed by atoms with Gasteiger partial charge >= 0.3 is 24.1 Å². The van der Waals surface area contributed by atoms with Crippen molar-refractivity contribution >= 4 is 29.8 Å². The summed E-state index contributed by atoms with van der Waals surface area (Å²) >= 11 is 0. The summed E-state index contributed by atoms with van der Waals surface area (Å²) in [5.74, 6) is -4.73. The van der Waals surface area contributed by atoms with Crippen LogP contribution in [-0.4, -0.2) is 65.8 Å². The normalized spacial score (nSPS) is 11.2. The molecular formula is C31H33F3N4O7. The first-order chi connectivity index (χ1) is 21.3. The van der Waals surface area contributed by atoms with E-state index in [2.05, 4.69) is 21.3 Å². The van der Waals surface area contributed by atoms with Gasteiger partial charge < -0.3 is 31.5 Å². The number of aliphatic carboxylic acids is 2. The number of halogens is 3. The fourth-order valence-corrected chi connectivity index (χ4v) is 3.80. The minimum Gasteiger partial charge on any atom is -0.481 e. The summed E-state index contributed by atoms with van der Waals surface area (Å²) in [4.78, 5) is 56.6. The third-order valence-corrected chi connectivity index (χ3v) is 6.00. The molecule has 0 bridgehead atoms. The highest BCUT2D eigenvalue weighted by atomic mass is 19.4. The number of benzene rings is 3. The number of hydrogen-bond donors (Lipinski definition) is 6. The van der Waals surface area contributed by atoms with Crippen molar-refractivity contribution in [3.63, 3.8) is 0 Å². The predicted molar refractivity (Wildman–Crippen MR) is 158 cm³/mol. The lowest BCUT2D eigenvalue weighted by Gasteiger charge is -2.18. The van der Waals surface area contributed by atoms with E-state index in [0.717, 1.165) is 16.7 Å². The summed E-state index contributed by atoms with van der Waals surface area (Å²) in [6.45, 7) is 0.273. The van der Waals surface area contributed by atoms with Crippen LogP contribution in [0.1, 0.15) is 30.0 Å². The van der Waals surface area contributed by atoms with Crippen LogP contribution in [0.25, 0.3) is 11.1 Å². The Morgan fingerprint density at radius 2 is 1.22 bits per heavy atom. The average Bonchev–Trinajstić information content (AvgIpc) is 3.00. The molecular weight excluding hydrogens is 597 g/mol. The van der Waals surface area contributed by atoms with Gasteiger partial charge in [0, 0.05) is 19.5 Å². The highest BCUT2D eigenvalue weighted by Gasteiger charge is 2.38. The molecule has 3 aromatic carbocycles. The summed E-state index contributed by atoms with van der Waals surface area (Å²) in [5.41, 5.74) is 3.76. The fourth-order valence-electron chi connectivity index (χ4n) is 3.80. The van der Waals surface area contributed by atoms with Crippen molar-refractivity contribution in [3.8, 4) is 11.1 Å². The summed E-state index contributed by atoms with van der Waals surface area (Å²) in [7, 11) is 0. The zero-order valence-corrected chi connectivity index (χ0v) is 24.0. The Balaban J connectivity index is 0.000000900. The first-order valence-electron chi connectivity index (χ1n) is 13.6. The topological polar surface area (TPSA) is 174 Å². The van der Waals surface area contributed by atoms with Crippen LogP contribution in [0.15, 0.2) is 84.9 Å². The van der Waals surface area contributed by atoms with Gasteiger partial charge in [-0.1, -0.05) is 84.9 Å². The van der Waals surface area contributed by atoms with Crippen LogP contribution in [0.5, 0.6) is 0 Å². The molecule has 0 radical (unpaired) electrons. The van der Waals surface area contributed by atoms with Crippen LogP contribution in [0.2, 0.25) is 0 Å². The molecule has 1 unspecified atom stereocenters. The molecule has 0 aromatic heterocycles. The molecule has 0 aliphatic rings. The SMILES string of the molecule is O=C(O)C(F)(F)F.O=C(O)CC(NC(=O)CNC(=O)CCNC(=O)NCCc1ccccc1)c1ccc(-c2ccccc2)cc1. The second-order valence-electron chi connectivity index (χ2n) is 9.45. The predicted octanol–water partition coefficient (Wildman–Crippen LogP) is 3.67. The number of alkyl halides is 3. The van der Waals surface area contributed by atoms with Crippen LogP contribution < -0.4 is 21.3 Å². The van der Waals surface area contributed by atoms with E-state index in [9.17, 15) is 37.5 Å². The van der Waals surface area contributed by atoms with Crippen LogP contribution in [0, 0.1) is 0 Å². The number of amides is 4. The van der Waals surface area contributed by atoms with Crippen molar-refractivity contribution < 1.29 is 47.4 Å². The Bertz CT molecular complexity index is 1400. The van der Waals surface area contributed by atoms with Crippen molar-refractivity contribution in [2.75, 3.05) is 19.6 Å². The maximum Gasteiger partial charge on any atom is 0.490 e. The Kier molecular flexibility index (Phi) is 14.6. The highest BCUT2D eigenvalue weighted by Crippen LogP contribution is 2.23. The number of hydrogen-bond acceptors (Lipinski definition) is 5. The van der Waals surface area contributed by atoms with E-state index in [-0.39, 0.29) is 32.0 Å². The zero-order valence-electron chi connectivity index (χ0n) is 24.0. The van der Waals surface area contributed by atoms with Gasteiger partial charge in [0.25, 0.3) is 0 Å². The number of urea groups is 1. The Labute approximate surface area is 256 Å². The van der Waals surface area contributed by atoms with Gasteiger partial charge in [0.15, 0.2) is 0 Å². The molecule has 0 fully saturated rings. The van der Waals surface area contributed by atoms with Gasteiger partial charge in [0.2, 0.25) is 11.8 Å².